The molecule has 0 fully saturated rings. The number of aromatic amines is 1. The third-order valence-electron chi connectivity index (χ3n) is 3.57. The smallest absolute Gasteiger partial charge is 0.111 e. The van der Waals surface area contributed by atoms with E-state index in [1.165, 1.54) is 0 Å². The van der Waals surface area contributed by atoms with Gasteiger partial charge in [-0.25, -0.2) is 4.98 Å². The molecule has 0 bridgehead atoms. The van der Waals surface area contributed by atoms with Crippen LogP contribution in [0.1, 0.15) is 56.7 Å². The van der Waals surface area contributed by atoms with Gasteiger partial charge >= 0.3 is 0 Å². The quantitative estimate of drug-likeness (QED) is 0.699. The zero-order valence-corrected chi connectivity index (χ0v) is 13.2. The molecule has 0 aliphatic carbocycles. The van der Waals surface area contributed by atoms with E-state index in [9.17, 15) is 0 Å². The second-order valence-corrected chi connectivity index (χ2v) is 5.09. The first-order valence-electron chi connectivity index (χ1n) is 7.28. The molecule has 0 aliphatic rings. The first kappa shape index (κ1) is 16.4. The van der Waals surface area contributed by atoms with Gasteiger partial charge in [-0.15, -0.1) is 0 Å². The first-order valence-corrected chi connectivity index (χ1v) is 7.28. The van der Waals surface area contributed by atoms with Crippen LogP contribution in [0.5, 0.6) is 0 Å². The summed E-state index contributed by atoms with van der Waals surface area (Å²) in [5.41, 5.74) is 4.03. The van der Waals surface area contributed by atoms with Crippen LogP contribution in [0.2, 0.25) is 0 Å². The van der Waals surface area contributed by atoms with Gasteiger partial charge in [0.15, 0.2) is 0 Å². The lowest BCUT2D eigenvalue weighted by molar-refractivity contribution is 0.553. The minimum absolute atomic E-state index is 0.403. The summed E-state index contributed by atoms with van der Waals surface area (Å²) in [5.74, 6) is 1.44. The van der Waals surface area contributed by atoms with Crippen LogP contribution in [0.3, 0.4) is 0 Å². The van der Waals surface area contributed by atoms with E-state index >= 15 is 0 Å². The van der Waals surface area contributed by atoms with Crippen LogP contribution in [-0.4, -0.2) is 23.6 Å². The van der Waals surface area contributed by atoms with Gasteiger partial charge in [0.05, 0.1) is 11.4 Å². The highest BCUT2D eigenvalue weighted by Gasteiger charge is 2.18. The molecule has 3 nitrogen and oxygen atoms in total. The van der Waals surface area contributed by atoms with E-state index in [2.05, 4.69) is 43.4 Å². The summed E-state index contributed by atoms with van der Waals surface area (Å²) in [6.07, 6.45) is 6.11. The molecule has 1 unspecified atom stereocenters. The van der Waals surface area contributed by atoms with Crippen molar-refractivity contribution in [3.63, 3.8) is 0 Å². The molecule has 1 aromatic rings. The summed E-state index contributed by atoms with van der Waals surface area (Å²) in [5, 5.41) is 3.25. The Bertz CT molecular complexity index is 469. The predicted octanol–water partition coefficient (Wildman–Crippen LogP) is 4.14. The van der Waals surface area contributed by atoms with E-state index in [-0.39, 0.29) is 0 Å². The van der Waals surface area contributed by atoms with Crippen LogP contribution in [0.25, 0.3) is 11.1 Å². The highest BCUT2D eigenvalue weighted by Crippen LogP contribution is 2.27. The number of nitrogens with zero attached hydrogens (tertiary/aromatic N) is 1. The number of H-pyrrole nitrogens is 1. The second-order valence-electron chi connectivity index (χ2n) is 5.09. The standard InChI is InChI=1S/C17H27N3/c1-7-10-14(11-18-6)17-19-15(12(4)8-2)16(20-17)13(5)9-3/h8-9,14,18H,2,4,7,10-11H2,1,3,5-6H3,(H,19,20)/b13-9+. The average molecular weight is 273 g/mol. The fourth-order valence-electron chi connectivity index (χ4n) is 2.27. The number of hydrogen-bond acceptors (Lipinski definition) is 2. The van der Waals surface area contributed by atoms with Gasteiger partial charge in [-0.3, -0.25) is 0 Å². The van der Waals surface area contributed by atoms with E-state index in [4.69, 9.17) is 4.98 Å². The van der Waals surface area contributed by atoms with Crippen LogP contribution in [0, 0.1) is 0 Å². The van der Waals surface area contributed by atoms with Crippen molar-refractivity contribution in [2.75, 3.05) is 13.6 Å². The van der Waals surface area contributed by atoms with E-state index in [0.29, 0.717) is 5.92 Å². The van der Waals surface area contributed by atoms with E-state index in [0.717, 1.165) is 47.7 Å². The Labute approximate surface area is 122 Å². The Kier molecular flexibility index (Phi) is 6.46. The SMILES string of the molecule is C=CC(=C)c1[nH]c(C(CCC)CNC)nc1/C(C)=C/C. The zero-order valence-electron chi connectivity index (χ0n) is 13.2. The zero-order chi connectivity index (χ0) is 15.1. The average Bonchev–Trinajstić information content (AvgIpc) is 2.90. The van der Waals surface area contributed by atoms with Gasteiger partial charge in [-0.2, -0.15) is 0 Å². The molecule has 0 spiro atoms. The summed E-state index contributed by atoms with van der Waals surface area (Å²) >= 11 is 0. The Hall–Kier alpha value is -1.61. The van der Waals surface area contributed by atoms with Crippen LogP contribution >= 0.6 is 0 Å². The van der Waals surface area contributed by atoms with Gasteiger partial charge in [0.25, 0.3) is 0 Å². The number of hydrogen-bond donors (Lipinski definition) is 2. The lowest BCUT2D eigenvalue weighted by Gasteiger charge is -2.12. The van der Waals surface area contributed by atoms with Crippen molar-refractivity contribution in [2.45, 2.75) is 39.5 Å². The predicted molar refractivity (Wildman–Crippen MR) is 88.7 cm³/mol. The molecule has 0 radical (unpaired) electrons. The summed E-state index contributed by atoms with van der Waals surface area (Å²) in [6.45, 7) is 15.1. The molecular weight excluding hydrogens is 246 g/mol. The largest absolute Gasteiger partial charge is 0.341 e. The maximum absolute atomic E-state index is 4.82. The molecule has 1 heterocycles. The van der Waals surface area contributed by atoms with E-state index < -0.39 is 0 Å². The topological polar surface area (TPSA) is 40.7 Å². The fourth-order valence-corrected chi connectivity index (χ4v) is 2.27. The number of likely N-dealkylation sites (N-methyl/N-ethyl adjacent to an activating group) is 1. The Morgan fingerprint density at radius 3 is 2.70 bits per heavy atom. The molecule has 1 rings (SSSR count). The maximum Gasteiger partial charge on any atom is 0.111 e. The summed E-state index contributed by atoms with van der Waals surface area (Å²) < 4.78 is 0. The Morgan fingerprint density at radius 1 is 1.50 bits per heavy atom. The minimum Gasteiger partial charge on any atom is -0.341 e. The van der Waals surface area contributed by atoms with Crippen molar-refractivity contribution in [2.24, 2.45) is 0 Å². The van der Waals surface area contributed by atoms with Crippen molar-refractivity contribution >= 4 is 11.1 Å². The van der Waals surface area contributed by atoms with Crippen LogP contribution in [0.15, 0.2) is 25.3 Å². The molecule has 2 N–H and O–H groups in total. The number of allylic oxidation sites excluding steroid dienone is 4. The number of aromatic nitrogens is 2. The maximum atomic E-state index is 4.82. The summed E-state index contributed by atoms with van der Waals surface area (Å²) in [4.78, 5) is 8.27. The van der Waals surface area contributed by atoms with Gasteiger partial charge in [-0.05, 0) is 38.5 Å². The van der Waals surface area contributed by atoms with E-state index in [1.54, 1.807) is 6.08 Å². The molecule has 1 atom stereocenters. The molecule has 20 heavy (non-hydrogen) atoms. The Balaban J connectivity index is 3.25. The van der Waals surface area contributed by atoms with Crippen molar-refractivity contribution in [1.82, 2.24) is 15.3 Å². The van der Waals surface area contributed by atoms with Crippen molar-refractivity contribution in [3.8, 4) is 0 Å². The molecule has 3 heteroatoms. The number of imidazole rings is 1. The Morgan fingerprint density at radius 2 is 2.20 bits per heavy atom. The molecule has 110 valence electrons. The van der Waals surface area contributed by atoms with Gasteiger partial charge in [0.1, 0.15) is 5.82 Å². The van der Waals surface area contributed by atoms with Crippen LogP contribution in [0.4, 0.5) is 0 Å². The van der Waals surface area contributed by atoms with E-state index in [1.807, 2.05) is 14.0 Å². The number of nitrogens with one attached hydrogen (secondary N) is 2. The van der Waals surface area contributed by atoms with Crippen molar-refractivity contribution in [3.05, 3.63) is 42.5 Å². The number of rotatable bonds is 8. The lowest BCUT2D eigenvalue weighted by Crippen LogP contribution is -2.18. The van der Waals surface area contributed by atoms with Gasteiger partial charge in [0.2, 0.25) is 0 Å². The fraction of sp³-hybridized carbons (Fsp3) is 0.471. The third-order valence-corrected chi connectivity index (χ3v) is 3.57. The molecule has 1 aromatic heterocycles. The van der Waals surface area contributed by atoms with Crippen LogP contribution in [-0.2, 0) is 0 Å². The summed E-state index contributed by atoms with van der Waals surface area (Å²) in [6, 6.07) is 0. The molecular formula is C17H27N3. The first-order chi connectivity index (χ1) is 9.58. The summed E-state index contributed by atoms with van der Waals surface area (Å²) in [7, 11) is 1.98. The van der Waals surface area contributed by atoms with Gasteiger partial charge in [-0.1, -0.05) is 38.7 Å². The molecule has 0 saturated heterocycles. The van der Waals surface area contributed by atoms with Gasteiger partial charge in [0, 0.05) is 12.5 Å². The molecule has 0 amide bonds. The second kappa shape index (κ2) is 7.85. The normalized spacial score (nSPS) is 13.3. The highest BCUT2D eigenvalue weighted by molar-refractivity contribution is 5.78. The van der Waals surface area contributed by atoms with Crippen molar-refractivity contribution < 1.29 is 0 Å². The highest BCUT2D eigenvalue weighted by atomic mass is 15.0. The third kappa shape index (κ3) is 3.70. The molecule has 0 aliphatic heterocycles. The molecule has 0 saturated carbocycles. The lowest BCUT2D eigenvalue weighted by atomic mass is 10.0. The molecule has 0 aromatic carbocycles. The van der Waals surface area contributed by atoms with Crippen molar-refractivity contribution in [1.29, 1.82) is 0 Å². The monoisotopic (exact) mass is 273 g/mol. The van der Waals surface area contributed by atoms with Gasteiger partial charge < -0.3 is 10.3 Å². The van der Waals surface area contributed by atoms with Crippen LogP contribution < -0.4 is 5.32 Å². The minimum atomic E-state index is 0.403.